The number of amides is 9. The van der Waals surface area contributed by atoms with Gasteiger partial charge in [-0.15, -0.1) is 0 Å². The second-order valence-corrected chi connectivity index (χ2v) is 20.5. The summed E-state index contributed by atoms with van der Waals surface area (Å²) in [5, 5.41) is 51.0. The Morgan fingerprint density at radius 2 is 1.17 bits per heavy atom. The van der Waals surface area contributed by atoms with Gasteiger partial charge in [0.25, 0.3) is 0 Å². The van der Waals surface area contributed by atoms with Gasteiger partial charge in [-0.1, -0.05) is 64.4 Å². The van der Waals surface area contributed by atoms with Crippen LogP contribution in [0.15, 0.2) is 52.8 Å². The minimum Gasteiger partial charge on any atom is -0.480 e. The van der Waals surface area contributed by atoms with Crippen molar-refractivity contribution in [2.75, 3.05) is 32.7 Å². The molecule has 2 rings (SSSR count). The first kappa shape index (κ1) is 70.7. The number of carbonyl (C=O) groups is 10. The van der Waals surface area contributed by atoms with E-state index in [2.05, 4.69) is 62.5 Å². The number of carbonyl (C=O) groups excluding carboxylic acids is 9. The highest BCUT2D eigenvalue weighted by atomic mass is 16.4. The molecule has 0 aliphatic carbocycles. The number of aliphatic hydroxyl groups is 2. The predicted octanol–water partition coefficient (Wildman–Crippen LogP) is -5.46. The largest absolute Gasteiger partial charge is 0.480 e. The molecule has 0 bridgehead atoms. The van der Waals surface area contributed by atoms with Gasteiger partial charge in [0.2, 0.25) is 53.2 Å². The van der Waals surface area contributed by atoms with Crippen LogP contribution in [0.1, 0.15) is 91.8 Å². The fraction of sp³-hybridized carbons (Fsp3) is 0.596. The van der Waals surface area contributed by atoms with Crippen molar-refractivity contribution in [1.29, 1.82) is 0 Å². The quantitative estimate of drug-likeness (QED) is 0.0170. The maximum atomic E-state index is 14.2. The summed E-state index contributed by atoms with van der Waals surface area (Å²) in [7, 11) is 0. The van der Waals surface area contributed by atoms with Crippen LogP contribution in [-0.4, -0.2) is 195 Å². The lowest BCUT2D eigenvalue weighted by atomic mass is 9.96. The van der Waals surface area contributed by atoms with E-state index in [4.69, 9.17) is 28.7 Å². The monoisotopic (exact) mass is 1170 g/mol. The number of aromatic amines is 1. The third-order valence-electron chi connectivity index (χ3n) is 12.7. The number of nitrogens with two attached hydrogens (primary N) is 5. The first-order valence-corrected chi connectivity index (χ1v) is 27.2. The third-order valence-corrected chi connectivity index (χ3v) is 12.7. The lowest BCUT2D eigenvalue weighted by molar-refractivity contribution is -0.147. The summed E-state index contributed by atoms with van der Waals surface area (Å²) in [6.45, 7) is 9.59. The molecule has 0 saturated carbocycles. The molecule has 0 aliphatic rings. The first-order chi connectivity index (χ1) is 39.0. The van der Waals surface area contributed by atoms with E-state index in [0.717, 1.165) is 18.7 Å². The summed E-state index contributed by atoms with van der Waals surface area (Å²) in [4.78, 5) is 151. The fourth-order valence-corrected chi connectivity index (χ4v) is 8.06. The van der Waals surface area contributed by atoms with Crippen LogP contribution in [0.25, 0.3) is 0 Å². The molecule has 0 saturated heterocycles. The predicted molar refractivity (Wildman–Crippen MR) is 304 cm³/mol. The van der Waals surface area contributed by atoms with Gasteiger partial charge in [-0.05, 0) is 63.9 Å². The Kier molecular flexibility index (Phi) is 30.7. The van der Waals surface area contributed by atoms with Gasteiger partial charge in [0.05, 0.1) is 31.1 Å². The molecule has 1 aromatic carbocycles. The molecule has 22 N–H and O–H groups in total. The zero-order valence-corrected chi connectivity index (χ0v) is 48.1. The number of aromatic nitrogens is 2. The van der Waals surface area contributed by atoms with Gasteiger partial charge in [0, 0.05) is 44.4 Å². The number of imidazole rings is 1. The van der Waals surface area contributed by atoms with Crippen molar-refractivity contribution >= 4 is 71.1 Å². The number of hydrogen-bond acceptors (Lipinski definition) is 16. The molecule has 31 heteroatoms. The summed E-state index contributed by atoms with van der Waals surface area (Å²) in [6, 6.07) is -2.82. The van der Waals surface area contributed by atoms with Crippen molar-refractivity contribution < 1.29 is 63.3 Å². The number of aliphatic carboxylic acids is 1. The number of carboxylic acid groups (broad SMARTS) is 1. The fourth-order valence-electron chi connectivity index (χ4n) is 8.06. The van der Waals surface area contributed by atoms with Crippen molar-refractivity contribution in [2.24, 2.45) is 50.5 Å². The number of nitrogens with zero attached hydrogens (tertiary/aromatic N) is 4. The number of nitrogens with one attached hydrogen (secondary N) is 9. The maximum absolute atomic E-state index is 14.2. The molecule has 0 radical (unpaired) electrons. The van der Waals surface area contributed by atoms with Crippen molar-refractivity contribution in [3.8, 4) is 0 Å². The van der Waals surface area contributed by atoms with Crippen LogP contribution < -0.4 is 71.2 Å². The number of aliphatic hydroxyl groups excluding tert-OH is 2. The highest BCUT2D eigenvalue weighted by molar-refractivity contribution is 5.98. The number of benzene rings is 1. The van der Waals surface area contributed by atoms with Gasteiger partial charge < -0.3 is 96.4 Å². The molecule has 0 fully saturated rings. The van der Waals surface area contributed by atoms with Crippen LogP contribution in [0, 0.1) is 11.8 Å². The van der Waals surface area contributed by atoms with Gasteiger partial charge in [-0.3, -0.25) is 57.9 Å². The lowest BCUT2D eigenvalue weighted by Gasteiger charge is -2.32. The van der Waals surface area contributed by atoms with E-state index in [-0.39, 0.29) is 69.6 Å². The van der Waals surface area contributed by atoms with Crippen molar-refractivity contribution in [2.45, 2.75) is 154 Å². The van der Waals surface area contributed by atoms with Gasteiger partial charge in [-0.25, -0.2) is 4.98 Å². The highest BCUT2D eigenvalue weighted by Crippen LogP contribution is 2.15. The minimum absolute atomic E-state index is 0.0386. The Morgan fingerprint density at radius 1 is 0.639 bits per heavy atom. The van der Waals surface area contributed by atoms with E-state index in [1.807, 2.05) is 0 Å². The number of aliphatic imine (C=N–C) groups is 2. The maximum Gasteiger partial charge on any atom is 0.323 e. The summed E-state index contributed by atoms with van der Waals surface area (Å²) >= 11 is 0. The van der Waals surface area contributed by atoms with E-state index in [1.54, 1.807) is 58.0 Å². The smallest absolute Gasteiger partial charge is 0.323 e. The van der Waals surface area contributed by atoms with Gasteiger partial charge in [-0.2, -0.15) is 0 Å². The van der Waals surface area contributed by atoms with E-state index in [9.17, 15) is 63.3 Å². The molecule has 1 heterocycles. The third kappa shape index (κ3) is 26.3. The molecular weight excluding hydrogens is 1080 g/mol. The molecule has 9 amide bonds. The number of H-pyrrole nitrogens is 1. The Morgan fingerprint density at radius 3 is 1.71 bits per heavy atom. The van der Waals surface area contributed by atoms with Crippen LogP contribution in [-0.2, 0) is 60.8 Å². The highest BCUT2D eigenvalue weighted by Gasteiger charge is 2.37. The first-order valence-electron chi connectivity index (χ1n) is 27.2. The molecule has 2 aromatic rings. The van der Waals surface area contributed by atoms with E-state index in [1.165, 1.54) is 19.4 Å². The molecule has 11 atom stereocenters. The SMILES string of the molecule is CCC(C)[C@H](NC(=O)[C@H](CCCN=C(N)N)NC(=O)CNC(=O)[C@@H](NC(=O)[C@@H](NC(=O)[C@H](Cc1cnc[nH]1)NC(=O)[C@@H](Cc1ccccc1)NC(=O)[C@H](C)NC(=O)[C@@H](N)CCCN=C(N)N)[C@@H](C)O)[C@@H](C)O)C(=O)N(CC(=O)O)CC(C)C. The Labute approximate surface area is 481 Å². The topological polar surface area (TPSA) is 514 Å². The summed E-state index contributed by atoms with van der Waals surface area (Å²) in [5.41, 5.74) is 28.5. The van der Waals surface area contributed by atoms with Crippen molar-refractivity contribution in [3.05, 3.63) is 54.1 Å². The lowest BCUT2D eigenvalue weighted by Crippen LogP contribution is -2.63. The summed E-state index contributed by atoms with van der Waals surface area (Å²) < 4.78 is 0. The van der Waals surface area contributed by atoms with Gasteiger partial charge in [0.1, 0.15) is 48.8 Å². The van der Waals surface area contributed by atoms with Crippen LogP contribution in [0.5, 0.6) is 0 Å². The van der Waals surface area contributed by atoms with Gasteiger partial charge in [0.15, 0.2) is 11.9 Å². The van der Waals surface area contributed by atoms with Crippen LogP contribution >= 0.6 is 0 Å². The molecule has 1 aromatic heterocycles. The molecule has 83 heavy (non-hydrogen) atoms. The zero-order chi connectivity index (χ0) is 62.5. The number of guanidine groups is 2. The second kappa shape index (κ2) is 36.1. The standard InChI is InChI=1S/C52H86N18O13/c1-8-28(4)40(50(83)70(24-27(2)3)25-39(74)75)67-45(78)35(17-13-19-60-52(56)57)64-38(73)23-61-48(81)41(30(6)71)69-49(82)42(31(7)72)68-47(80)37(21-33-22-58-26-62-33)66-46(79)36(20-32-14-10-9-11-15-32)65-43(76)29(5)63-44(77)34(53)16-12-18-59-51(54)55/h9-11,14-15,22,26-31,34-37,40-42,71-72H,8,12-13,16-21,23-25,53H2,1-7H3,(H,58,62)(H,61,81)(H,63,77)(H,64,73)(H,65,76)(H,66,79)(H,67,78)(H,68,80)(H,69,82)(H,74,75)(H4,54,55,59)(H4,56,57,60)/t28?,29-,30+,31+,34-,35-,36+,37-,40-,41-,42-/m0/s1. The molecule has 1 unspecified atom stereocenters. The molecule has 0 spiro atoms. The molecular formula is C52H86N18O13. The normalized spacial score (nSPS) is 15.0. The second-order valence-electron chi connectivity index (χ2n) is 20.5. The minimum atomic E-state index is -1.85. The Bertz CT molecular complexity index is 2510. The Hall–Kier alpha value is -8.45. The zero-order valence-electron chi connectivity index (χ0n) is 48.1. The number of rotatable bonds is 37. The van der Waals surface area contributed by atoms with Crippen LogP contribution in [0.3, 0.4) is 0 Å². The Balaban J connectivity index is 2.32. The van der Waals surface area contributed by atoms with Gasteiger partial charge >= 0.3 is 5.97 Å². The molecule has 31 nitrogen and oxygen atoms in total. The van der Waals surface area contributed by atoms with Crippen molar-refractivity contribution in [3.63, 3.8) is 0 Å². The van der Waals surface area contributed by atoms with E-state index >= 15 is 0 Å². The number of hydrogen-bond donors (Lipinski definition) is 17. The summed E-state index contributed by atoms with van der Waals surface area (Å²) in [6.07, 6.45) is -0.0189. The van der Waals surface area contributed by atoms with Crippen molar-refractivity contribution in [1.82, 2.24) is 57.4 Å². The number of carboxylic acids is 1. The molecule has 462 valence electrons. The van der Waals surface area contributed by atoms with E-state index < -0.39 is 139 Å². The van der Waals surface area contributed by atoms with Crippen LogP contribution in [0.4, 0.5) is 0 Å². The summed E-state index contributed by atoms with van der Waals surface area (Å²) in [5.74, 6) is -10.3. The average molecular weight is 1170 g/mol. The van der Waals surface area contributed by atoms with E-state index in [0.29, 0.717) is 24.1 Å². The average Bonchev–Trinajstić information content (AvgIpc) is 3.99. The molecule has 0 aliphatic heterocycles. The van der Waals surface area contributed by atoms with Crippen LogP contribution in [0.2, 0.25) is 0 Å².